The molecule has 0 fully saturated rings. The molecule has 0 spiro atoms. The predicted octanol–water partition coefficient (Wildman–Crippen LogP) is 12.9. The molecule has 0 N–H and O–H groups in total. The van der Waals surface area contributed by atoms with Gasteiger partial charge in [-0.3, -0.25) is 0 Å². The van der Waals surface area contributed by atoms with Crippen molar-refractivity contribution >= 4 is 53.4 Å². The van der Waals surface area contributed by atoms with Gasteiger partial charge in [0.15, 0.2) is 5.82 Å². The molecule has 4 heteroatoms. The van der Waals surface area contributed by atoms with Gasteiger partial charge in [-0.2, -0.15) is 0 Å². The normalized spacial score (nSPS) is 13.7. The van der Waals surface area contributed by atoms with E-state index in [0.717, 1.165) is 50.0 Å². The van der Waals surface area contributed by atoms with Gasteiger partial charge < -0.3 is 4.42 Å². The first-order chi connectivity index (χ1) is 25.3. The summed E-state index contributed by atoms with van der Waals surface area (Å²) in [6, 6.07) is 58.3. The number of hydrogen-bond acceptors (Lipinski definition) is 4. The molecule has 1 atom stereocenters. The van der Waals surface area contributed by atoms with Crippen LogP contribution in [0.15, 0.2) is 168 Å². The second kappa shape index (κ2) is 11.1. The molecule has 0 amide bonds. The molecule has 0 saturated carbocycles. The molecule has 7 aromatic carbocycles. The Hall–Kier alpha value is -6.36. The SMILES string of the molecule is c1ccc(-c2cc(-c3cccc4oc5ccc([C@@H]6c7ccccc7-c7cc8sc9ccccc9c8cc76)cc5c34)nc(-c3ccccc3)n2)cc1. The van der Waals surface area contributed by atoms with Crippen LogP contribution in [-0.4, -0.2) is 9.97 Å². The Bertz CT molecular complexity index is 2920. The zero-order valence-corrected chi connectivity index (χ0v) is 28.2. The Morgan fingerprint density at radius 2 is 1.20 bits per heavy atom. The summed E-state index contributed by atoms with van der Waals surface area (Å²) >= 11 is 1.88. The second-order valence-corrected chi connectivity index (χ2v) is 14.4. The van der Waals surface area contributed by atoms with Crippen molar-refractivity contribution in [2.45, 2.75) is 5.92 Å². The highest BCUT2D eigenvalue weighted by Gasteiger charge is 2.31. The number of hydrogen-bond donors (Lipinski definition) is 0. The first-order valence-electron chi connectivity index (χ1n) is 17.3. The summed E-state index contributed by atoms with van der Waals surface area (Å²) < 4.78 is 9.22. The lowest BCUT2D eigenvalue weighted by Crippen LogP contribution is -1.99. The molecule has 11 rings (SSSR count). The zero-order chi connectivity index (χ0) is 33.5. The van der Waals surface area contributed by atoms with Crippen LogP contribution >= 0.6 is 11.3 Å². The summed E-state index contributed by atoms with van der Waals surface area (Å²) in [6.07, 6.45) is 0. The summed E-state index contributed by atoms with van der Waals surface area (Å²) in [7, 11) is 0. The summed E-state index contributed by atoms with van der Waals surface area (Å²) in [6.45, 7) is 0. The van der Waals surface area contributed by atoms with Gasteiger partial charge in [0.25, 0.3) is 0 Å². The van der Waals surface area contributed by atoms with Crippen LogP contribution in [0.5, 0.6) is 0 Å². The second-order valence-electron chi connectivity index (χ2n) is 13.3. The van der Waals surface area contributed by atoms with Gasteiger partial charge >= 0.3 is 0 Å². The smallest absolute Gasteiger partial charge is 0.160 e. The molecule has 51 heavy (non-hydrogen) atoms. The first-order valence-corrected chi connectivity index (χ1v) is 18.1. The van der Waals surface area contributed by atoms with E-state index in [0.29, 0.717) is 5.82 Å². The molecular weight excluding hydrogens is 641 g/mol. The monoisotopic (exact) mass is 668 g/mol. The minimum Gasteiger partial charge on any atom is -0.456 e. The maximum Gasteiger partial charge on any atom is 0.160 e. The Balaban J connectivity index is 1.13. The third kappa shape index (κ3) is 4.43. The van der Waals surface area contributed by atoms with E-state index in [4.69, 9.17) is 14.4 Å². The van der Waals surface area contributed by atoms with Gasteiger partial charge in [-0.15, -0.1) is 11.3 Å². The van der Waals surface area contributed by atoms with Crippen LogP contribution in [0, 0.1) is 0 Å². The predicted molar refractivity (Wildman–Crippen MR) is 211 cm³/mol. The van der Waals surface area contributed by atoms with Gasteiger partial charge in [0.1, 0.15) is 11.2 Å². The van der Waals surface area contributed by atoms with E-state index < -0.39 is 0 Å². The molecule has 3 heterocycles. The van der Waals surface area contributed by atoms with Gasteiger partial charge in [-0.05, 0) is 70.3 Å². The van der Waals surface area contributed by atoms with Crippen molar-refractivity contribution in [3.8, 4) is 45.0 Å². The van der Waals surface area contributed by atoms with Crippen LogP contribution in [-0.2, 0) is 0 Å². The quantitative estimate of drug-likeness (QED) is 0.187. The first kappa shape index (κ1) is 28.5. The lowest BCUT2D eigenvalue weighted by molar-refractivity contribution is 0.669. The highest BCUT2D eigenvalue weighted by atomic mass is 32.1. The number of fused-ring (bicyclic) bond motifs is 9. The van der Waals surface area contributed by atoms with Gasteiger partial charge in [-0.25, -0.2) is 9.97 Å². The van der Waals surface area contributed by atoms with E-state index in [2.05, 4.69) is 140 Å². The number of rotatable bonds is 4. The molecule has 0 radical (unpaired) electrons. The fraction of sp³-hybridized carbons (Fsp3) is 0.0213. The fourth-order valence-electron chi connectivity index (χ4n) is 8.08. The summed E-state index contributed by atoms with van der Waals surface area (Å²) in [5.74, 6) is 0.804. The maximum atomic E-state index is 6.55. The van der Waals surface area contributed by atoms with Gasteiger partial charge in [0, 0.05) is 53.6 Å². The molecule has 1 aliphatic carbocycles. The molecule has 10 aromatic rings. The maximum absolute atomic E-state index is 6.55. The third-order valence-corrected chi connectivity index (χ3v) is 11.5. The van der Waals surface area contributed by atoms with Crippen LogP contribution in [0.4, 0.5) is 0 Å². The molecule has 0 saturated heterocycles. The molecule has 0 bridgehead atoms. The number of nitrogens with zero attached hydrogens (tertiary/aromatic N) is 2. The van der Waals surface area contributed by atoms with Crippen LogP contribution < -0.4 is 0 Å². The number of benzene rings is 7. The Labute approximate surface area is 298 Å². The van der Waals surface area contributed by atoms with Gasteiger partial charge in [0.05, 0.1) is 11.4 Å². The van der Waals surface area contributed by atoms with Crippen LogP contribution in [0.2, 0.25) is 0 Å². The molecule has 238 valence electrons. The van der Waals surface area contributed by atoms with Crippen molar-refractivity contribution in [3.63, 3.8) is 0 Å². The zero-order valence-electron chi connectivity index (χ0n) is 27.4. The molecular formula is C47H28N2OS. The molecule has 0 unspecified atom stereocenters. The fourth-order valence-corrected chi connectivity index (χ4v) is 9.20. The topological polar surface area (TPSA) is 38.9 Å². The van der Waals surface area contributed by atoms with E-state index in [1.54, 1.807) is 0 Å². The molecule has 0 aliphatic heterocycles. The van der Waals surface area contributed by atoms with Gasteiger partial charge in [-0.1, -0.05) is 121 Å². The standard InChI is InChI=1S/C47H28N2OS/c1-3-12-28(13-4-1)39-27-40(49-47(48-39)29-14-5-2-6-15-29)34-19-11-20-42-46(34)38-24-30(22-23-41(38)50-42)45-33-18-8-7-16-31(33)35-26-44-36(25-37(35)45)32-17-9-10-21-43(32)51-44/h1-27,45H/t45-/m1/s1. The molecule has 3 nitrogen and oxygen atoms in total. The van der Waals surface area contributed by atoms with Crippen LogP contribution in [0.1, 0.15) is 22.6 Å². The third-order valence-electron chi connectivity index (χ3n) is 10.4. The highest BCUT2D eigenvalue weighted by Crippen LogP contribution is 2.51. The minimum absolute atomic E-state index is 0.106. The van der Waals surface area contributed by atoms with E-state index in [1.165, 1.54) is 48.0 Å². The Morgan fingerprint density at radius 3 is 2.08 bits per heavy atom. The van der Waals surface area contributed by atoms with Crippen LogP contribution in [0.3, 0.4) is 0 Å². The Kier molecular flexibility index (Phi) is 6.18. The highest BCUT2D eigenvalue weighted by molar-refractivity contribution is 7.25. The largest absolute Gasteiger partial charge is 0.456 e. The summed E-state index contributed by atoms with van der Waals surface area (Å²) in [4.78, 5) is 10.2. The van der Waals surface area contributed by atoms with E-state index in [1.807, 2.05) is 35.6 Å². The van der Waals surface area contributed by atoms with Crippen molar-refractivity contribution in [1.29, 1.82) is 0 Å². The lowest BCUT2D eigenvalue weighted by atomic mass is 9.88. The van der Waals surface area contributed by atoms with E-state index in [-0.39, 0.29) is 5.92 Å². The molecule has 1 aliphatic rings. The van der Waals surface area contributed by atoms with Crippen molar-refractivity contribution in [2.24, 2.45) is 0 Å². The van der Waals surface area contributed by atoms with Crippen molar-refractivity contribution in [2.75, 3.05) is 0 Å². The van der Waals surface area contributed by atoms with E-state index >= 15 is 0 Å². The van der Waals surface area contributed by atoms with Crippen molar-refractivity contribution in [1.82, 2.24) is 9.97 Å². The van der Waals surface area contributed by atoms with Gasteiger partial charge in [0.2, 0.25) is 0 Å². The average Bonchev–Trinajstić information content (AvgIpc) is 3.86. The minimum atomic E-state index is 0.106. The Morgan fingerprint density at radius 1 is 0.451 bits per heavy atom. The average molecular weight is 669 g/mol. The number of furan rings is 1. The summed E-state index contributed by atoms with van der Waals surface area (Å²) in [5.41, 5.74) is 13.1. The number of thiophene rings is 1. The molecule has 3 aromatic heterocycles. The lowest BCUT2D eigenvalue weighted by Gasteiger charge is -2.15. The van der Waals surface area contributed by atoms with Crippen molar-refractivity contribution < 1.29 is 4.42 Å². The van der Waals surface area contributed by atoms with Crippen LogP contribution in [0.25, 0.3) is 87.1 Å². The van der Waals surface area contributed by atoms with E-state index in [9.17, 15) is 0 Å². The summed E-state index contributed by atoms with van der Waals surface area (Å²) in [5, 5.41) is 4.81. The number of aromatic nitrogens is 2. The van der Waals surface area contributed by atoms with Crippen molar-refractivity contribution in [3.05, 3.63) is 180 Å².